The molecule has 0 aliphatic heterocycles. The van der Waals surface area contributed by atoms with E-state index in [2.05, 4.69) is 17.2 Å². The highest BCUT2D eigenvalue weighted by atomic mass is 32.1. The summed E-state index contributed by atoms with van der Waals surface area (Å²) in [6.45, 7) is 2.08. The van der Waals surface area contributed by atoms with Gasteiger partial charge in [-0.15, -0.1) is 11.3 Å². The lowest BCUT2D eigenvalue weighted by Gasteiger charge is -2.15. The van der Waals surface area contributed by atoms with Crippen molar-refractivity contribution in [3.8, 4) is 11.5 Å². The molecular formula is C13H16N2O2S. The van der Waals surface area contributed by atoms with Gasteiger partial charge in [-0.2, -0.15) is 0 Å². The molecule has 1 atom stereocenters. The Labute approximate surface area is 111 Å². The van der Waals surface area contributed by atoms with Crippen molar-refractivity contribution in [3.63, 3.8) is 0 Å². The maximum Gasteiger partial charge on any atom is 0.162 e. The van der Waals surface area contributed by atoms with Crippen LogP contribution < -0.4 is 14.8 Å². The van der Waals surface area contributed by atoms with Crippen molar-refractivity contribution in [2.24, 2.45) is 0 Å². The molecule has 1 unspecified atom stereocenters. The van der Waals surface area contributed by atoms with Crippen LogP contribution in [0.4, 0.5) is 5.69 Å². The number of nitrogens with one attached hydrogen (secondary N) is 1. The molecule has 5 heteroatoms. The molecule has 0 aliphatic carbocycles. The molecule has 2 rings (SSSR count). The zero-order valence-electron chi connectivity index (χ0n) is 10.6. The Kier molecular flexibility index (Phi) is 4.04. The summed E-state index contributed by atoms with van der Waals surface area (Å²) in [5.41, 5.74) is 3.85. The third-order valence-corrected chi connectivity index (χ3v) is 3.27. The molecule has 0 amide bonds. The summed E-state index contributed by atoms with van der Waals surface area (Å²) in [6, 6.07) is 5.93. The lowest BCUT2D eigenvalue weighted by Crippen LogP contribution is -2.07. The van der Waals surface area contributed by atoms with Gasteiger partial charge in [0, 0.05) is 17.1 Å². The summed E-state index contributed by atoms with van der Waals surface area (Å²) in [5.74, 6) is 1.44. The normalized spacial score (nSPS) is 11.9. The highest BCUT2D eigenvalue weighted by Crippen LogP contribution is 2.31. The standard InChI is InChI=1S/C13H16N2O2S/c1-9(11-7-18-8-14-11)15-10-4-5-12(16-2)13(6-10)17-3/h4-9,15H,1-3H3. The van der Waals surface area contributed by atoms with E-state index in [0.717, 1.165) is 17.1 Å². The van der Waals surface area contributed by atoms with Gasteiger partial charge in [0.05, 0.1) is 31.5 Å². The van der Waals surface area contributed by atoms with E-state index in [0.29, 0.717) is 5.75 Å². The molecule has 0 aliphatic rings. The van der Waals surface area contributed by atoms with E-state index >= 15 is 0 Å². The summed E-state index contributed by atoms with van der Waals surface area (Å²) < 4.78 is 10.5. The summed E-state index contributed by atoms with van der Waals surface area (Å²) in [6.07, 6.45) is 0. The van der Waals surface area contributed by atoms with Gasteiger partial charge in [0.2, 0.25) is 0 Å². The second-order valence-corrected chi connectivity index (χ2v) is 4.57. The number of aromatic nitrogens is 1. The Morgan fingerprint density at radius 2 is 2.00 bits per heavy atom. The molecule has 96 valence electrons. The minimum Gasteiger partial charge on any atom is -0.493 e. The maximum atomic E-state index is 5.27. The number of anilines is 1. The molecule has 4 nitrogen and oxygen atoms in total. The number of ether oxygens (including phenoxy) is 2. The second-order valence-electron chi connectivity index (χ2n) is 3.85. The summed E-state index contributed by atoms with van der Waals surface area (Å²) in [4.78, 5) is 4.29. The molecule has 0 saturated heterocycles. The number of methoxy groups -OCH3 is 2. The topological polar surface area (TPSA) is 43.4 Å². The van der Waals surface area contributed by atoms with Crippen LogP contribution in [0, 0.1) is 0 Å². The molecular weight excluding hydrogens is 248 g/mol. The predicted molar refractivity (Wildman–Crippen MR) is 73.7 cm³/mol. The molecule has 0 radical (unpaired) electrons. The molecule has 1 N–H and O–H groups in total. The van der Waals surface area contributed by atoms with Crippen LogP contribution in [0.5, 0.6) is 11.5 Å². The van der Waals surface area contributed by atoms with Gasteiger partial charge in [-0.3, -0.25) is 0 Å². The van der Waals surface area contributed by atoms with E-state index in [1.165, 1.54) is 0 Å². The zero-order valence-corrected chi connectivity index (χ0v) is 11.5. The van der Waals surface area contributed by atoms with E-state index in [1.54, 1.807) is 25.6 Å². The van der Waals surface area contributed by atoms with Crippen LogP contribution in [-0.4, -0.2) is 19.2 Å². The first-order valence-corrected chi connectivity index (χ1v) is 6.55. The van der Waals surface area contributed by atoms with Gasteiger partial charge < -0.3 is 14.8 Å². The van der Waals surface area contributed by atoms with Gasteiger partial charge in [0.15, 0.2) is 11.5 Å². The summed E-state index contributed by atoms with van der Waals surface area (Å²) in [5, 5.41) is 5.42. The number of thiazole rings is 1. The van der Waals surface area contributed by atoms with Gasteiger partial charge in [0.25, 0.3) is 0 Å². The first-order valence-electron chi connectivity index (χ1n) is 5.61. The van der Waals surface area contributed by atoms with Crippen LogP contribution in [-0.2, 0) is 0 Å². The van der Waals surface area contributed by atoms with Gasteiger partial charge >= 0.3 is 0 Å². The Morgan fingerprint density at radius 3 is 2.61 bits per heavy atom. The Morgan fingerprint density at radius 1 is 1.22 bits per heavy atom. The number of benzene rings is 1. The molecule has 1 heterocycles. The van der Waals surface area contributed by atoms with Gasteiger partial charge in [0.1, 0.15) is 0 Å². The van der Waals surface area contributed by atoms with E-state index < -0.39 is 0 Å². The minimum atomic E-state index is 0.161. The average molecular weight is 264 g/mol. The van der Waals surface area contributed by atoms with Gasteiger partial charge in [-0.25, -0.2) is 4.98 Å². The second kappa shape index (κ2) is 5.73. The number of nitrogens with zero attached hydrogens (tertiary/aromatic N) is 1. The minimum absolute atomic E-state index is 0.161. The predicted octanol–water partition coefficient (Wildman–Crippen LogP) is 3.33. The molecule has 0 saturated carbocycles. The largest absolute Gasteiger partial charge is 0.493 e. The fourth-order valence-electron chi connectivity index (χ4n) is 1.69. The van der Waals surface area contributed by atoms with Crippen LogP contribution in [0.1, 0.15) is 18.7 Å². The Bertz CT molecular complexity index is 500. The van der Waals surface area contributed by atoms with Crippen LogP contribution in [0.3, 0.4) is 0 Å². The molecule has 18 heavy (non-hydrogen) atoms. The number of rotatable bonds is 5. The maximum absolute atomic E-state index is 5.27. The molecule has 0 bridgehead atoms. The van der Waals surface area contributed by atoms with Crippen molar-refractivity contribution >= 4 is 17.0 Å². The Hall–Kier alpha value is -1.75. The lowest BCUT2D eigenvalue weighted by atomic mass is 10.2. The summed E-state index contributed by atoms with van der Waals surface area (Å²) >= 11 is 1.60. The van der Waals surface area contributed by atoms with E-state index in [-0.39, 0.29) is 6.04 Å². The number of hydrogen-bond donors (Lipinski definition) is 1. The molecule has 0 spiro atoms. The van der Waals surface area contributed by atoms with Gasteiger partial charge in [-0.05, 0) is 19.1 Å². The fourth-order valence-corrected chi connectivity index (χ4v) is 2.33. The molecule has 0 fully saturated rings. The van der Waals surface area contributed by atoms with Crippen LogP contribution in [0.25, 0.3) is 0 Å². The average Bonchev–Trinajstić information content (AvgIpc) is 2.92. The van der Waals surface area contributed by atoms with Crippen molar-refractivity contribution in [1.29, 1.82) is 0 Å². The zero-order chi connectivity index (χ0) is 13.0. The monoisotopic (exact) mass is 264 g/mol. The van der Waals surface area contributed by atoms with Crippen molar-refractivity contribution in [3.05, 3.63) is 34.8 Å². The van der Waals surface area contributed by atoms with Crippen molar-refractivity contribution in [2.75, 3.05) is 19.5 Å². The van der Waals surface area contributed by atoms with Crippen LogP contribution >= 0.6 is 11.3 Å². The van der Waals surface area contributed by atoms with Crippen molar-refractivity contribution in [1.82, 2.24) is 4.98 Å². The van der Waals surface area contributed by atoms with Crippen LogP contribution in [0.2, 0.25) is 0 Å². The van der Waals surface area contributed by atoms with Gasteiger partial charge in [-0.1, -0.05) is 0 Å². The fraction of sp³-hybridized carbons (Fsp3) is 0.308. The first-order chi connectivity index (χ1) is 8.74. The van der Waals surface area contributed by atoms with Crippen molar-refractivity contribution < 1.29 is 9.47 Å². The molecule has 1 aromatic heterocycles. The quantitative estimate of drug-likeness (QED) is 0.899. The third kappa shape index (κ3) is 2.73. The lowest BCUT2D eigenvalue weighted by molar-refractivity contribution is 0.355. The SMILES string of the molecule is COc1ccc(NC(C)c2cscn2)cc1OC. The van der Waals surface area contributed by atoms with E-state index in [1.807, 2.05) is 29.1 Å². The smallest absolute Gasteiger partial charge is 0.162 e. The summed E-state index contributed by atoms with van der Waals surface area (Å²) in [7, 11) is 3.26. The molecule has 2 aromatic rings. The first kappa shape index (κ1) is 12.7. The number of hydrogen-bond acceptors (Lipinski definition) is 5. The third-order valence-electron chi connectivity index (χ3n) is 2.66. The molecule has 1 aromatic carbocycles. The highest BCUT2D eigenvalue weighted by Gasteiger charge is 2.09. The highest BCUT2D eigenvalue weighted by molar-refractivity contribution is 7.07. The van der Waals surface area contributed by atoms with E-state index in [4.69, 9.17) is 9.47 Å². The Balaban J connectivity index is 2.14. The van der Waals surface area contributed by atoms with E-state index in [9.17, 15) is 0 Å². The van der Waals surface area contributed by atoms with Crippen LogP contribution in [0.15, 0.2) is 29.1 Å². The van der Waals surface area contributed by atoms with Crippen molar-refractivity contribution in [2.45, 2.75) is 13.0 Å².